The maximum absolute atomic E-state index is 12.1. The van der Waals surface area contributed by atoms with Crippen LogP contribution in [0.4, 0.5) is 0 Å². The van der Waals surface area contributed by atoms with Gasteiger partial charge in [-0.3, -0.25) is 5.10 Å². The molecule has 2 aromatic carbocycles. The first-order chi connectivity index (χ1) is 12.3. The first kappa shape index (κ1) is 18.2. The molecule has 0 radical (unpaired) electrons. The quantitative estimate of drug-likeness (QED) is 0.687. The van der Waals surface area contributed by atoms with Crippen molar-refractivity contribution in [1.82, 2.24) is 10.2 Å². The zero-order valence-electron chi connectivity index (χ0n) is 14.0. The van der Waals surface area contributed by atoms with Gasteiger partial charge in [0.1, 0.15) is 5.69 Å². The number of esters is 1. The number of carbonyl (C=O) groups excluding carboxylic acids is 1. The van der Waals surface area contributed by atoms with Gasteiger partial charge in [-0.1, -0.05) is 35.9 Å². The summed E-state index contributed by atoms with van der Waals surface area (Å²) in [6, 6.07) is 13.3. The predicted molar refractivity (Wildman–Crippen MR) is 98.9 cm³/mol. The lowest BCUT2D eigenvalue weighted by atomic mass is 9.99. The van der Waals surface area contributed by atoms with E-state index in [-0.39, 0.29) is 10.6 Å². The maximum atomic E-state index is 12.1. The third kappa shape index (κ3) is 3.49. The zero-order chi connectivity index (χ0) is 18.9. The Balaban J connectivity index is 2.17. The van der Waals surface area contributed by atoms with E-state index in [1.165, 1.54) is 19.2 Å². The number of carbonyl (C=O) groups is 1. The number of aromatic amines is 1. The van der Waals surface area contributed by atoms with Gasteiger partial charge < -0.3 is 4.74 Å². The number of methoxy groups -OCH3 is 1. The second-order valence-corrected chi connectivity index (χ2v) is 8.07. The molecular weight excluding hydrogens is 376 g/mol. The number of halogens is 1. The van der Waals surface area contributed by atoms with Crippen molar-refractivity contribution in [2.45, 2.75) is 4.90 Å². The Morgan fingerprint density at radius 1 is 1.04 bits per heavy atom. The van der Waals surface area contributed by atoms with Crippen LogP contribution in [0.3, 0.4) is 0 Å². The first-order valence-corrected chi connectivity index (χ1v) is 9.81. The summed E-state index contributed by atoms with van der Waals surface area (Å²) in [6.45, 7) is 0. The number of hydrogen-bond acceptors (Lipinski definition) is 5. The Bertz CT molecular complexity index is 1060. The van der Waals surface area contributed by atoms with Crippen LogP contribution in [-0.4, -0.2) is 38.0 Å². The van der Waals surface area contributed by atoms with Crippen molar-refractivity contribution in [3.63, 3.8) is 0 Å². The van der Waals surface area contributed by atoms with Crippen LogP contribution in [0.25, 0.3) is 22.4 Å². The van der Waals surface area contributed by atoms with Crippen molar-refractivity contribution in [3.8, 4) is 22.4 Å². The number of benzene rings is 2. The topological polar surface area (TPSA) is 89.1 Å². The summed E-state index contributed by atoms with van der Waals surface area (Å²) in [5.74, 6) is -0.554. The number of aromatic nitrogens is 2. The molecule has 1 N–H and O–H groups in total. The van der Waals surface area contributed by atoms with Gasteiger partial charge in [0.25, 0.3) is 0 Å². The molecule has 26 heavy (non-hydrogen) atoms. The van der Waals surface area contributed by atoms with Gasteiger partial charge in [-0.2, -0.15) is 5.10 Å². The number of hydrogen-bond donors (Lipinski definition) is 1. The van der Waals surface area contributed by atoms with E-state index in [1.54, 1.807) is 36.4 Å². The van der Waals surface area contributed by atoms with Crippen molar-refractivity contribution >= 4 is 27.4 Å². The number of H-pyrrole nitrogens is 1. The van der Waals surface area contributed by atoms with Gasteiger partial charge in [0.05, 0.1) is 12.0 Å². The molecule has 0 aliphatic rings. The highest BCUT2D eigenvalue weighted by Gasteiger charge is 2.22. The average Bonchev–Trinajstić information content (AvgIpc) is 3.06. The Hall–Kier alpha value is -2.64. The summed E-state index contributed by atoms with van der Waals surface area (Å²) in [5, 5.41) is 7.51. The smallest absolute Gasteiger partial charge is 0.356 e. The molecule has 1 aromatic heterocycles. The molecule has 8 heteroatoms. The molecular formula is C18H15ClN2O4S. The minimum Gasteiger partial charge on any atom is -0.464 e. The summed E-state index contributed by atoms with van der Waals surface area (Å²) in [6.07, 6.45) is 1.14. The van der Waals surface area contributed by atoms with Crippen LogP contribution < -0.4 is 0 Å². The fourth-order valence-corrected chi connectivity index (χ4v) is 3.31. The number of ether oxygens (including phenoxy) is 1. The Morgan fingerprint density at radius 2 is 1.62 bits per heavy atom. The highest BCUT2D eigenvalue weighted by molar-refractivity contribution is 7.90. The summed E-state index contributed by atoms with van der Waals surface area (Å²) < 4.78 is 28.1. The van der Waals surface area contributed by atoms with Crippen molar-refractivity contribution in [3.05, 3.63) is 59.2 Å². The molecule has 0 amide bonds. The lowest BCUT2D eigenvalue weighted by Crippen LogP contribution is -2.03. The highest BCUT2D eigenvalue weighted by atomic mass is 35.5. The monoisotopic (exact) mass is 390 g/mol. The third-order valence-corrected chi connectivity index (χ3v) is 5.23. The average molecular weight is 391 g/mol. The van der Waals surface area contributed by atoms with Gasteiger partial charge in [-0.15, -0.1) is 0 Å². The summed E-state index contributed by atoms with van der Waals surface area (Å²) >= 11 is 5.95. The normalized spacial score (nSPS) is 11.3. The van der Waals surface area contributed by atoms with Crippen LogP contribution in [-0.2, 0) is 14.6 Å². The van der Waals surface area contributed by atoms with Gasteiger partial charge in [-0.05, 0) is 29.8 Å². The second-order valence-electron chi connectivity index (χ2n) is 5.62. The van der Waals surface area contributed by atoms with Crippen LogP contribution in [0.5, 0.6) is 0 Å². The van der Waals surface area contributed by atoms with Gasteiger partial charge >= 0.3 is 5.97 Å². The Morgan fingerprint density at radius 3 is 2.15 bits per heavy atom. The molecule has 134 valence electrons. The Kier molecular flexibility index (Phi) is 4.84. The summed E-state index contributed by atoms with van der Waals surface area (Å²) in [5.41, 5.74) is 2.66. The largest absolute Gasteiger partial charge is 0.464 e. The van der Waals surface area contributed by atoms with E-state index in [2.05, 4.69) is 10.2 Å². The molecule has 3 aromatic rings. The van der Waals surface area contributed by atoms with Gasteiger partial charge in [-0.25, -0.2) is 13.2 Å². The number of nitrogens with one attached hydrogen (secondary N) is 1. The molecule has 0 atom stereocenters. The minimum atomic E-state index is -3.30. The fraction of sp³-hybridized carbons (Fsp3) is 0.111. The summed E-state index contributed by atoms with van der Waals surface area (Å²) in [4.78, 5) is 12.3. The van der Waals surface area contributed by atoms with E-state index in [1.807, 2.05) is 0 Å². The molecule has 0 aliphatic carbocycles. The van der Waals surface area contributed by atoms with E-state index >= 15 is 0 Å². The van der Waals surface area contributed by atoms with Gasteiger partial charge in [0, 0.05) is 22.4 Å². The van der Waals surface area contributed by atoms with Crippen molar-refractivity contribution in [2.24, 2.45) is 0 Å². The first-order valence-electron chi connectivity index (χ1n) is 7.54. The molecule has 3 rings (SSSR count). The van der Waals surface area contributed by atoms with Crippen LogP contribution in [0, 0.1) is 0 Å². The fourth-order valence-electron chi connectivity index (χ4n) is 2.56. The molecule has 0 fully saturated rings. The Labute approximate surface area is 155 Å². The van der Waals surface area contributed by atoms with Crippen molar-refractivity contribution < 1.29 is 17.9 Å². The second kappa shape index (κ2) is 6.93. The molecule has 0 saturated carbocycles. The molecule has 6 nitrogen and oxygen atoms in total. The van der Waals surface area contributed by atoms with E-state index in [0.29, 0.717) is 21.8 Å². The van der Waals surface area contributed by atoms with Crippen molar-refractivity contribution in [1.29, 1.82) is 0 Å². The third-order valence-electron chi connectivity index (χ3n) is 3.84. The highest BCUT2D eigenvalue weighted by Crippen LogP contribution is 2.34. The SMILES string of the molecule is COC(=O)c1[nH]nc(-c2ccc(S(C)(=O)=O)cc2)c1-c1ccc(Cl)cc1. The number of sulfone groups is 1. The molecule has 0 aliphatic heterocycles. The van der Waals surface area contributed by atoms with E-state index < -0.39 is 15.8 Å². The van der Waals surface area contributed by atoms with Crippen LogP contribution in [0.1, 0.15) is 10.5 Å². The van der Waals surface area contributed by atoms with Crippen LogP contribution >= 0.6 is 11.6 Å². The standard InChI is InChI=1S/C18H15ClN2O4S/c1-25-18(22)17-15(11-3-7-13(19)8-4-11)16(20-21-17)12-5-9-14(10-6-12)26(2,23)24/h3-10H,1-2H3,(H,20,21). The van der Waals surface area contributed by atoms with Gasteiger partial charge in [0.2, 0.25) is 0 Å². The van der Waals surface area contributed by atoms with Gasteiger partial charge in [0.15, 0.2) is 15.5 Å². The molecule has 0 saturated heterocycles. The minimum absolute atomic E-state index is 0.206. The van der Waals surface area contributed by atoms with Crippen LogP contribution in [0.15, 0.2) is 53.4 Å². The van der Waals surface area contributed by atoms with E-state index in [0.717, 1.165) is 11.8 Å². The van der Waals surface area contributed by atoms with Crippen molar-refractivity contribution in [2.75, 3.05) is 13.4 Å². The van der Waals surface area contributed by atoms with E-state index in [4.69, 9.17) is 16.3 Å². The zero-order valence-corrected chi connectivity index (χ0v) is 15.6. The summed E-state index contributed by atoms with van der Waals surface area (Å²) in [7, 11) is -2.01. The molecule has 1 heterocycles. The maximum Gasteiger partial charge on any atom is 0.356 e. The predicted octanol–water partition coefficient (Wildman–Crippen LogP) is 3.59. The number of rotatable bonds is 4. The lowest BCUT2D eigenvalue weighted by Gasteiger charge is -2.07. The number of nitrogens with zero attached hydrogens (tertiary/aromatic N) is 1. The molecule has 0 unspecified atom stereocenters. The molecule has 0 bridgehead atoms. The van der Waals surface area contributed by atoms with Crippen LogP contribution in [0.2, 0.25) is 5.02 Å². The van der Waals surface area contributed by atoms with E-state index in [9.17, 15) is 13.2 Å². The lowest BCUT2D eigenvalue weighted by molar-refractivity contribution is 0.0595. The molecule has 0 spiro atoms.